The molecule has 0 spiro atoms. The molecule has 1 aliphatic carbocycles. The molecule has 0 radical (unpaired) electrons. The largest absolute Gasteiger partial charge is 0.356 e. The molecule has 0 unspecified atom stereocenters. The molecule has 1 aliphatic rings. The van der Waals surface area contributed by atoms with Crippen molar-refractivity contribution < 1.29 is 0 Å². The van der Waals surface area contributed by atoms with Gasteiger partial charge in [-0.15, -0.1) is 24.0 Å². The van der Waals surface area contributed by atoms with Crippen LogP contribution >= 0.6 is 24.0 Å². The van der Waals surface area contributed by atoms with Gasteiger partial charge >= 0.3 is 0 Å². The third-order valence-electron chi connectivity index (χ3n) is 3.28. The van der Waals surface area contributed by atoms with Crippen molar-refractivity contribution in [2.24, 2.45) is 4.99 Å². The number of hydrogen-bond donors (Lipinski definition) is 2. The number of guanidine groups is 1. The minimum absolute atomic E-state index is 0. The number of nitrogens with zero attached hydrogens (tertiary/aromatic N) is 1. The van der Waals surface area contributed by atoms with Crippen molar-refractivity contribution in [2.45, 2.75) is 52.1 Å². The molecule has 1 aromatic carbocycles. The Bertz CT molecular complexity index is 410. The van der Waals surface area contributed by atoms with Crippen molar-refractivity contribution >= 4 is 29.9 Å². The van der Waals surface area contributed by atoms with Gasteiger partial charge in [0, 0.05) is 12.6 Å². The number of hydrogen-bond acceptors (Lipinski definition) is 1. The molecule has 2 N–H and O–H groups in total. The number of unbranched alkanes of at least 4 members (excludes halogenated alkanes) is 1. The molecule has 1 saturated carbocycles. The average Bonchev–Trinajstić information content (AvgIpc) is 3.22. The van der Waals surface area contributed by atoms with E-state index in [2.05, 4.69) is 53.7 Å². The summed E-state index contributed by atoms with van der Waals surface area (Å²) in [5.74, 6) is 0.969. The van der Waals surface area contributed by atoms with Crippen molar-refractivity contribution in [1.82, 2.24) is 10.6 Å². The van der Waals surface area contributed by atoms with E-state index in [1.807, 2.05) is 0 Å². The summed E-state index contributed by atoms with van der Waals surface area (Å²) in [6.07, 6.45) is 4.95. The number of aliphatic imine (C=N–C) groups is 1. The zero-order valence-electron chi connectivity index (χ0n) is 12.5. The Balaban J connectivity index is 0.00000200. The Morgan fingerprint density at radius 1 is 1.25 bits per heavy atom. The summed E-state index contributed by atoms with van der Waals surface area (Å²) in [6.45, 7) is 6.07. The zero-order valence-corrected chi connectivity index (χ0v) is 14.8. The van der Waals surface area contributed by atoms with Crippen LogP contribution in [-0.2, 0) is 6.54 Å². The van der Waals surface area contributed by atoms with Gasteiger partial charge in [0.1, 0.15) is 0 Å². The molecule has 1 aromatic rings. The van der Waals surface area contributed by atoms with Gasteiger partial charge in [0.15, 0.2) is 5.96 Å². The SMILES string of the molecule is CCCCNC(=NCc1ccc(C)cc1)NC1CC1.I. The van der Waals surface area contributed by atoms with Crippen LogP contribution in [0, 0.1) is 6.92 Å². The lowest BCUT2D eigenvalue weighted by atomic mass is 10.1. The highest BCUT2D eigenvalue weighted by atomic mass is 127. The Morgan fingerprint density at radius 3 is 2.55 bits per heavy atom. The van der Waals surface area contributed by atoms with Gasteiger partial charge in [-0.1, -0.05) is 43.2 Å². The van der Waals surface area contributed by atoms with Crippen molar-refractivity contribution in [1.29, 1.82) is 0 Å². The third kappa shape index (κ3) is 6.59. The highest BCUT2D eigenvalue weighted by Gasteiger charge is 2.22. The second-order valence-electron chi connectivity index (χ2n) is 5.35. The highest BCUT2D eigenvalue weighted by molar-refractivity contribution is 14.0. The van der Waals surface area contributed by atoms with E-state index in [0.717, 1.165) is 19.0 Å². The van der Waals surface area contributed by atoms with Crippen molar-refractivity contribution in [3.63, 3.8) is 0 Å². The number of nitrogens with one attached hydrogen (secondary N) is 2. The van der Waals surface area contributed by atoms with Gasteiger partial charge in [0.25, 0.3) is 0 Å². The lowest BCUT2D eigenvalue weighted by molar-refractivity contribution is 0.723. The van der Waals surface area contributed by atoms with Crippen molar-refractivity contribution in [2.75, 3.05) is 6.54 Å². The van der Waals surface area contributed by atoms with Gasteiger partial charge in [-0.3, -0.25) is 0 Å². The fourth-order valence-corrected chi connectivity index (χ4v) is 1.82. The summed E-state index contributed by atoms with van der Waals surface area (Å²) >= 11 is 0. The summed E-state index contributed by atoms with van der Waals surface area (Å²) in [4.78, 5) is 4.67. The highest BCUT2D eigenvalue weighted by Crippen LogP contribution is 2.18. The number of benzene rings is 1. The van der Waals surface area contributed by atoms with Gasteiger partial charge in [-0.2, -0.15) is 0 Å². The van der Waals surface area contributed by atoms with Crippen LogP contribution in [0.5, 0.6) is 0 Å². The van der Waals surface area contributed by atoms with Crippen LogP contribution in [-0.4, -0.2) is 18.5 Å². The van der Waals surface area contributed by atoms with Crippen LogP contribution in [0.1, 0.15) is 43.7 Å². The Morgan fingerprint density at radius 2 is 1.95 bits per heavy atom. The molecule has 0 saturated heterocycles. The Kier molecular flexibility index (Phi) is 7.95. The second kappa shape index (κ2) is 9.21. The lowest BCUT2D eigenvalue weighted by Gasteiger charge is -2.11. The van der Waals surface area contributed by atoms with E-state index in [1.54, 1.807) is 0 Å². The van der Waals surface area contributed by atoms with E-state index in [9.17, 15) is 0 Å². The molecular formula is C16H26IN3. The van der Waals surface area contributed by atoms with Crippen molar-refractivity contribution in [3.8, 4) is 0 Å². The summed E-state index contributed by atoms with van der Waals surface area (Å²) < 4.78 is 0. The first kappa shape index (κ1) is 17.3. The van der Waals surface area contributed by atoms with E-state index in [4.69, 9.17) is 0 Å². The van der Waals surface area contributed by atoms with Gasteiger partial charge in [0.2, 0.25) is 0 Å². The maximum absolute atomic E-state index is 4.67. The smallest absolute Gasteiger partial charge is 0.191 e. The average molecular weight is 387 g/mol. The van der Waals surface area contributed by atoms with Crippen LogP contribution in [0.4, 0.5) is 0 Å². The van der Waals surface area contributed by atoms with Crippen LogP contribution in [0.15, 0.2) is 29.3 Å². The minimum atomic E-state index is 0. The van der Waals surface area contributed by atoms with Crippen LogP contribution in [0.3, 0.4) is 0 Å². The summed E-state index contributed by atoms with van der Waals surface area (Å²) in [5.41, 5.74) is 2.56. The van der Waals surface area contributed by atoms with Crippen molar-refractivity contribution in [3.05, 3.63) is 35.4 Å². The quantitative estimate of drug-likeness (QED) is 0.339. The van der Waals surface area contributed by atoms with Gasteiger partial charge in [-0.05, 0) is 31.7 Å². The predicted molar refractivity (Wildman–Crippen MR) is 96.8 cm³/mol. The fraction of sp³-hybridized carbons (Fsp3) is 0.562. The molecule has 0 atom stereocenters. The molecule has 2 rings (SSSR count). The topological polar surface area (TPSA) is 36.4 Å². The number of halogens is 1. The molecular weight excluding hydrogens is 361 g/mol. The van der Waals surface area contributed by atoms with Crippen LogP contribution in [0.25, 0.3) is 0 Å². The molecule has 1 fully saturated rings. The van der Waals surface area contributed by atoms with Gasteiger partial charge in [0.05, 0.1) is 6.54 Å². The van der Waals surface area contributed by atoms with E-state index in [1.165, 1.54) is 36.8 Å². The molecule has 0 aromatic heterocycles. The van der Waals surface area contributed by atoms with Crippen LogP contribution < -0.4 is 10.6 Å². The fourth-order valence-electron chi connectivity index (χ4n) is 1.82. The molecule has 0 amide bonds. The van der Waals surface area contributed by atoms with E-state index < -0.39 is 0 Å². The van der Waals surface area contributed by atoms with E-state index >= 15 is 0 Å². The monoisotopic (exact) mass is 387 g/mol. The van der Waals surface area contributed by atoms with Gasteiger partial charge < -0.3 is 10.6 Å². The van der Waals surface area contributed by atoms with Gasteiger partial charge in [-0.25, -0.2) is 4.99 Å². The first-order valence-corrected chi connectivity index (χ1v) is 7.38. The number of rotatable bonds is 6. The minimum Gasteiger partial charge on any atom is -0.356 e. The molecule has 3 nitrogen and oxygen atoms in total. The first-order chi connectivity index (χ1) is 9.28. The molecule has 112 valence electrons. The summed E-state index contributed by atoms with van der Waals surface area (Å²) in [7, 11) is 0. The second-order valence-corrected chi connectivity index (χ2v) is 5.35. The first-order valence-electron chi connectivity index (χ1n) is 7.38. The molecule has 0 aliphatic heterocycles. The standard InChI is InChI=1S/C16H25N3.HI/c1-3-4-11-17-16(19-15-9-10-15)18-12-14-7-5-13(2)6-8-14;/h5-8,15H,3-4,9-12H2,1-2H3,(H2,17,18,19);1H. The molecule has 0 bridgehead atoms. The summed E-state index contributed by atoms with van der Waals surface area (Å²) in [5, 5.41) is 6.88. The maximum Gasteiger partial charge on any atom is 0.191 e. The van der Waals surface area contributed by atoms with E-state index in [-0.39, 0.29) is 24.0 Å². The molecule has 4 heteroatoms. The molecule has 0 heterocycles. The lowest BCUT2D eigenvalue weighted by Crippen LogP contribution is -2.39. The summed E-state index contributed by atoms with van der Waals surface area (Å²) in [6, 6.07) is 9.23. The zero-order chi connectivity index (χ0) is 13.5. The Hall–Kier alpha value is -0.780. The van der Waals surface area contributed by atoms with Crippen LogP contribution in [0.2, 0.25) is 0 Å². The normalized spacial score (nSPS) is 14.6. The molecule has 20 heavy (non-hydrogen) atoms. The Labute approximate surface area is 139 Å². The maximum atomic E-state index is 4.67. The third-order valence-corrected chi connectivity index (χ3v) is 3.28. The van der Waals surface area contributed by atoms with E-state index in [0.29, 0.717) is 6.04 Å². The number of aryl methyl sites for hydroxylation is 1. The predicted octanol–water partition coefficient (Wildman–Crippen LogP) is 3.61.